The fraction of sp³-hybridized carbons (Fsp3) is 0.571. The summed E-state index contributed by atoms with van der Waals surface area (Å²) in [7, 11) is 0. The number of hydrogen-bond donors (Lipinski definition) is 1. The van der Waals surface area contributed by atoms with Crippen LogP contribution in [0.1, 0.15) is 45.5 Å². The molecule has 1 amide bonds. The average Bonchev–Trinajstić information content (AvgIpc) is 2.74. The molecule has 112 valence electrons. The van der Waals surface area contributed by atoms with Crippen molar-refractivity contribution in [2.45, 2.75) is 52.3 Å². The zero-order valence-corrected chi connectivity index (χ0v) is 13.2. The lowest BCUT2D eigenvalue weighted by molar-refractivity contribution is -0.144. The first kappa shape index (κ1) is 16.5. The topological polar surface area (TPSA) is 66.8 Å². The molecule has 1 N–H and O–H groups in total. The summed E-state index contributed by atoms with van der Waals surface area (Å²) in [5.41, 5.74) is -0.664. The zero-order valence-electron chi connectivity index (χ0n) is 12.4. The van der Waals surface area contributed by atoms with Crippen molar-refractivity contribution in [1.29, 1.82) is 0 Å². The summed E-state index contributed by atoms with van der Waals surface area (Å²) >= 11 is 1.31. The van der Waals surface area contributed by atoms with Gasteiger partial charge in [0.2, 0.25) is 0 Å². The van der Waals surface area contributed by atoms with Crippen LogP contribution in [0.25, 0.3) is 0 Å². The van der Waals surface area contributed by atoms with Crippen molar-refractivity contribution < 1.29 is 19.4 Å². The summed E-state index contributed by atoms with van der Waals surface area (Å²) in [4.78, 5) is 25.7. The molecule has 0 aliphatic rings. The van der Waals surface area contributed by atoms with Crippen LogP contribution in [0.5, 0.6) is 0 Å². The Morgan fingerprint density at radius 1 is 1.35 bits per heavy atom. The molecule has 6 heteroatoms. The van der Waals surface area contributed by atoms with Gasteiger partial charge in [-0.3, -0.25) is 4.90 Å². The number of rotatable bonds is 4. The number of carboxylic acids is 1. The standard InChI is InChI=1S/C14H21NO4S/c1-9(2)15(13(18)19-14(3,4)5)11(12(16)17)10-7-6-8-20-10/h6-9,11H,1-5H3,(H,16,17). The van der Waals surface area contributed by atoms with Crippen molar-refractivity contribution >= 4 is 23.4 Å². The summed E-state index contributed by atoms with van der Waals surface area (Å²) in [6.45, 7) is 8.81. The van der Waals surface area contributed by atoms with E-state index in [2.05, 4.69) is 0 Å². The molecule has 1 aromatic rings. The maximum Gasteiger partial charge on any atom is 0.411 e. The van der Waals surface area contributed by atoms with Crippen LogP contribution in [-0.2, 0) is 9.53 Å². The molecule has 0 saturated heterocycles. The van der Waals surface area contributed by atoms with Gasteiger partial charge in [-0.05, 0) is 46.1 Å². The number of carbonyl (C=O) groups excluding carboxylic acids is 1. The maximum atomic E-state index is 12.3. The summed E-state index contributed by atoms with van der Waals surface area (Å²) in [6, 6.07) is 2.17. The molecule has 0 aliphatic heterocycles. The second-order valence-corrected chi connectivity index (χ2v) is 6.72. The van der Waals surface area contributed by atoms with Gasteiger partial charge in [0.15, 0.2) is 6.04 Å². The van der Waals surface area contributed by atoms with Crippen LogP contribution in [0.3, 0.4) is 0 Å². The van der Waals surface area contributed by atoms with Crippen LogP contribution in [0, 0.1) is 0 Å². The Kier molecular flexibility index (Phi) is 5.16. The lowest BCUT2D eigenvalue weighted by Gasteiger charge is -2.33. The Morgan fingerprint density at radius 2 is 1.95 bits per heavy atom. The molecule has 1 rings (SSSR count). The molecule has 0 bridgehead atoms. The number of hydrogen-bond acceptors (Lipinski definition) is 4. The first-order valence-electron chi connectivity index (χ1n) is 6.41. The van der Waals surface area contributed by atoms with Gasteiger partial charge in [-0.25, -0.2) is 9.59 Å². The number of ether oxygens (including phenoxy) is 1. The van der Waals surface area contributed by atoms with Crippen LogP contribution >= 0.6 is 11.3 Å². The molecule has 0 aromatic carbocycles. The van der Waals surface area contributed by atoms with Gasteiger partial charge >= 0.3 is 12.1 Å². The van der Waals surface area contributed by atoms with Crippen LogP contribution in [0.15, 0.2) is 17.5 Å². The summed E-state index contributed by atoms with van der Waals surface area (Å²) in [6.07, 6.45) is -0.617. The molecule has 0 saturated carbocycles. The normalized spacial score (nSPS) is 13.1. The molecular formula is C14H21NO4S. The summed E-state index contributed by atoms with van der Waals surface area (Å²) < 4.78 is 5.32. The average molecular weight is 299 g/mol. The van der Waals surface area contributed by atoms with Gasteiger partial charge in [-0.15, -0.1) is 11.3 Å². The van der Waals surface area contributed by atoms with E-state index in [4.69, 9.17) is 4.74 Å². The van der Waals surface area contributed by atoms with E-state index in [0.29, 0.717) is 4.88 Å². The fourth-order valence-electron chi connectivity index (χ4n) is 1.75. The number of aliphatic carboxylic acids is 1. The molecular weight excluding hydrogens is 278 g/mol. The number of carbonyl (C=O) groups is 2. The van der Waals surface area contributed by atoms with Gasteiger partial charge in [-0.1, -0.05) is 6.07 Å². The van der Waals surface area contributed by atoms with Crippen molar-refractivity contribution in [3.05, 3.63) is 22.4 Å². The molecule has 0 radical (unpaired) electrons. The minimum absolute atomic E-state index is 0.284. The third kappa shape index (κ3) is 4.23. The van der Waals surface area contributed by atoms with E-state index in [9.17, 15) is 14.7 Å². The van der Waals surface area contributed by atoms with E-state index in [1.165, 1.54) is 16.2 Å². The molecule has 0 spiro atoms. The smallest absolute Gasteiger partial charge is 0.411 e. The van der Waals surface area contributed by atoms with E-state index in [1.807, 2.05) is 0 Å². The molecule has 0 aliphatic carbocycles. The van der Waals surface area contributed by atoms with E-state index in [-0.39, 0.29) is 6.04 Å². The number of carboxylic acid groups (broad SMARTS) is 1. The molecule has 20 heavy (non-hydrogen) atoms. The monoisotopic (exact) mass is 299 g/mol. The van der Waals surface area contributed by atoms with Crippen LogP contribution in [0.4, 0.5) is 4.79 Å². The SMILES string of the molecule is CC(C)N(C(=O)OC(C)(C)C)C(C(=O)O)c1cccs1. The Labute approximate surface area is 123 Å². The van der Waals surface area contributed by atoms with Crippen molar-refractivity contribution in [2.24, 2.45) is 0 Å². The molecule has 1 heterocycles. The zero-order chi connectivity index (χ0) is 15.5. The molecule has 5 nitrogen and oxygen atoms in total. The number of nitrogens with zero attached hydrogens (tertiary/aromatic N) is 1. The van der Waals surface area contributed by atoms with E-state index < -0.39 is 23.7 Å². The molecule has 0 fully saturated rings. The largest absolute Gasteiger partial charge is 0.479 e. The van der Waals surface area contributed by atoms with Gasteiger partial charge in [0.05, 0.1) is 0 Å². The number of thiophene rings is 1. The predicted octanol–water partition coefficient (Wildman–Crippen LogP) is 3.52. The Morgan fingerprint density at radius 3 is 2.30 bits per heavy atom. The van der Waals surface area contributed by atoms with Crippen LogP contribution < -0.4 is 0 Å². The van der Waals surface area contributed by atoms with Crippen molar-refractivity contribution in [2.75, 3.05) is 0 Å². The summed E-state index contributed by atoms with van der Waals surface area (Å²) in [5.74, 6) is -1.06. The van der Waals surface area contributed by atoms with E-state index in [0.717, 1.165) is 0 Å². The Hall–Kier alpha value is -1.56. The third-order valence-electron chi connectivity index (χ3n) is 2.49. The van der Waals surface area contributed by atoms with Gasteiger partial charge in [0.25, 0.3) is 0 Å². The molecule has 1 aromatic heterocycles. The molecule has 1 atom stereocenters. The Bertz CT molecular complexity index is 462. The highest BCUT2D eigenvalue weighted by Crippen LogP contribution is 2.29. The highest BCUT2D eigenvalue weighted by Gasteiger charge is 2.36. The number of amides is 1. The quantitative estimate of drug-likeness (QED) is 0.923. The third-order valence-corrected chi connectivity index (χ3v) is 3.41. The second-order valence-electron chi connectivity index (χ2n) is 5.74. The van der Waals surface area contributed by atoms with Gasteiger partial charge in [0, 0.05) is 10.9 Å². The van der Waals surface area contributed by atoms with Crippen LogP contribution in [-0.4, -0.2) is 33.7 Å². The highest BCUT2D eigenvalue weighted by atomic mass is 32.1. The second kappa shape index (κ2) is 6.26. The fourth-order valence-corrected chi connectivity index (χ4v) is 2.57. The van der Waals surface area contributed by atoms with Crippen LogP contribution in [0.2, 0.25) is 0 Å². The molecule has 1 unspecified atom stereocenters. The van der Waals surface area contributed by atoms with Crippen molar-refractivity contribution in [3.8, 4) is 0 Å². The van der Waals surface area contributed by atoms with E-state index >= 15 is 0 Å². The van der Waals surface area contributed by atoms with Crippen molar-refractivity contribution in [3.63, 3.8) is 0 Å². The van der Waals surface area contributed by atoms with Gasteiger partial charge in [-0.2, -0.15) is 0 Å². The highest BCUT2D eigenvalue weighted by molar-refractivity contribution is 7.10. The summed E-state index contributed by atoms with van der Waals surface area (Å²) in [5, 5.41) is 11.3. The lowest BCUT2D eigenvalue weighted by atomic mass is 10.1. The lowest BCUT2D eigenvalue weighted by Crippen LogP contribution is -2.45. The maximum absolute atomic E-state index is 12.3. The van der Waals surface area contributed by atoms with Gasteiger partial charge < -0.3 is 9.84 Å². The first-order valence-corrected chi connectivity index (χ1v) is 7.29. The predicted molar refractivity (Wildman–Crippen MR) is 77.9 cm³/mol. The van der Waals surface area contributed by atoms with Crippen molar-refractivity contribution in [1.82, 2.24) is 4.90 Å². The minimum atomic E-state index is -1.06. The van der Waals surface area contributed by atoms with Gasteiger partial charge in [0.1, 0.15) is 5.60 Å². The minimum Gasteiger partial charge on any atom is -0.479 e. The van der Waals surface area contributed by atoms with E-state index in [1.54, 1.807) is 52.1 Å². The Balaban J connectivity index is 3.10. The first-order chi connectivity index (χ1) is 9.13.